The molecule has 37 heavy (non-hydrogen) atoms. The lowest BCUT2D eigenvalue weighted by Gasteiger charge is -2.30. The van der Waals surface area contributed by atoms with Gasteiger partial charge in [-0.1, -0.05) is 38.0 Å². The first-order chi connectivity index (χ1) is 18.2. The third-order valence-corrected chi connectivity index (χ3v) is 7.61. The van der Waals surface area contributed by atoms with E-state index < -0.39 is 0 Å². The molecule has 3 heterocycles. The third-order valence-electron chi connectivity index (χ3n) is 7.61. The maximum Gasteiger partial charge on any atom is 0.145 e. The minimum atomic E-state index is 0.0999. The van der Waals surface area contributed by atoms with Crippen molar-refractivity contribution in [2.75, 3.05) is 5.32 Å². The van der Waals surface area contributed by atoms with Crippen LogP contribution in [-0.4, -0.2) is 26.6 Å². The molecular formula is C31H30N6. The molecule has 0 bridgehead atoms. The summed E-state index contributed by atoms with van der Waals surface area (Å²) in [4.78, 5) is 9.51. The standard InChI is InChI=1S/C31H30N6/c1-2-20-19-37(24-12-11-22(17-32)29(16-24)36-28-10-6-4-8-26(28)33)31-30(20)25(13-14-34-31)23-15-21-7-3-5-9-27(21)35-18-23/h3,5,7,9,11-16,18-19,26,28,36H,2,4,6,8,10,33H2,1H3. The molecule has 2 aromatic carbocycles. The highest BCUT2D eigenvalue weighted by Gasteiger charge is 2.23. The Kier molecular flexibility index (Phi) is 6.07. The van der Waals surface area contributed by atoms with E-state index in [4.69, 9.17) is 15.7 Å². The first-order valence-electron chi connectivity index (χ1n) is 13.1. The molecule has 1 saturated carbocycles. The van der Waals surface area contributed by atoms with Gasteiger partial charge in [0, 0.05) is 52.7 Å². The molecule has 6 nitrogen and oxygen atoms in total. The number of aromatic nitrogens is 3. The summed E-state index contributed by atoms with van der Waals surface area (Å²) in [5, 5.41) is 15.6. The number of para-hydroxylation sites is 1. The SMILES string of the molecule is CCc1cn(-c2ccc(C#N)c(NC3CCCCC3N)c2)c2nccc(-c3cnc4ccccc4c3)c12. The van der Waals surface area contributed by atoms with Crippen molar-refractivity contribution >= 4 is 27.6 Å². The van der Waals surface area contributed by atoms with E-state index in [1.165, 1.54) is 12.0 Å². The quantitative estimate of drug-likeness (QED) is 0.302. The Morgan fingerprint density at radius 2 is 1.95 bits per heavy atom. The first-order valence-corrected chi connectivity index (χ1v) is 13.1. The Hall–Kier alpha value is -4.21. The van der Waals surface area contributed by atoms with Gasteiger partial charge in [-0.05, 0) is 66.8 Å². The second kappa shape index (κ2) is 9.68. The summed E-state index contributed by atoms with van der Waals surface area (Å²) < 4.78 is 2.14. The zero-order valence-electron chi connectivity index (χ0n) is 21.0. The van der Waals surface area contributed by atoms with E-state index in [0.29, 0.717) is 5.56 Å². The number of rotatable bonds is 5. The number of nitrogens with one attached hydrogen (secondary N) is 1. The fourth-order valence-corrected chi connectivity index (χ4v) is 5.59. The summed E-state index contributed by atoms with van der Waals surface area (Å²) >= 11 is 0. The van der Waals surface area contributed by atoms with Gasteiger partial charge in [-0.2, -0.15) is 5.26 Å². The minimum Gasteiger partial charge on any atom is -0.380 e. The van der Waals surface area contributed by atoms with Gasteiger partial charge in [0.1, 0.15) is 11.7 Å². The minimum absolute atomic E-state index is 0.0999. The Morgan fingerprint density at radius 1 is 1.08 bits per heavy atom. The van der Waals surface area contributed by atoms with E-state index >= 15 is 0 Å². The number of nitrogens with zero attached hydrogens (tertiary/aromatic N) is 4. The number of nitriles is 1. The lowest BCUT2D eigenvalue weighted by Crippen LogP contribution is -2.42. The average molecular weight is 487 g/mol. The molecule has 0 saturated heterocycles. The number of hydrogen-bond acceptors (Lipinski definition) is 5. The van der Waals surface area contributed by atoms with Crippen molar-refractivity contribution in [2.24, 2.45) is 5.73 Å². The van der Waals surface area contributed by atoms with E-state index in [9.17, 15) is 5.26 Å². The van der Waals surface area contributed by atoms with E-state index in [-0.39, 0.29) is 12.1 Å². The molecule has 1 aliphatic carbocycles. The van der Waals surface area contributed by atoms with Gasteiger partial charge >= 0.3 is 0 Å². The topological polar surface area (TPSA) is 92.5 Å². The van der Waals surface area contributed by atoms with E-state index in [2.05, 4.69) is 53.3 Å². The average Bonchev–Trinajstić information content (AvgIpc) is 3.33. The third kappa shape index (κ3) is 4.22. The van der Waals surface area contributed by atoms with Crippen LogP contribution in [0.3, 0.4) is 0 Å². The van der Waals surface area contributed by atoms with Crippen molar-refractivity contribution in [3.05, 3.63) is 84.3 Å². The molecule has 6 heteroatoms. The summed E-state index contributed by atoms with van der Waals surface area (Å²) in [6.07, 6.45) is 11.2. The Morgan fingerprint density at radius 3 is 2.78 bits per heavy atom. The Bertz CT molecular complexity index is 1640. The zero-order valence-corrected chi connectivity index (χ0v) is 21.0. The lowest BCUT2D eigenvalue weighted by molar-refractivity contribution is 0.404. The van der Waals surface area contributed by atoms with Crippen LogP contribution in [0, 0.1) is 11.3 Å². The molecule has 1 fully saturated rings. The van der Waals surface area contributed by atoms with Crippen LogP contribution in [0.25, 0.3) is 38.8 Å². The maximum absolute atomic E-state index is 9.78. The molecule has 0 aliphatic heterocycles. The molecule has 2 unspecified atom stereocenters. The number of anilines is 1. The number of pyridine rings is 2. The number of benzene rings is 2. The highest BCUT2D eigenvalue weighted by Crippen LogP contribution is 2.35. The second-order valence-electron chi connectivity index (χ2n) is 9.89. The number of nitrogens with two attached hydrogens (primary N) is 1. The molecule has 184 valence electrons. The van der Waals surface area contributed by atoms with Crippen molar-refractivity contribution in [1.82, 2.24) is 14.5 Å². The maximum atomic E-state index is 9.78. The Balaban J connectivity index is 1.47. The summed E-state index contributed by atoms with van der Waals surface area (Å²) in [5.41, 5.74) is 14.1. The highest BCUT2D eigenvalue weighted by molar-refractivity contribution is 5.98. The van der Waals surface area contributed by atoms with E-state index in [1.54, 1.807) is 0 Å². The molecule has 0 radical (unpaired) electrons. The van der Waals surface area contributed by atoms with Crippen molar-refractivity contribution in [1.29, 1.82) is 5.26 Å². The van der Waals surface area contributed by atoms with Gasteiger partial charge in [0.25, 0.3) is 0 Å². The van der Waals surface area contributed by atoms with Crippen molar-refractivity contribution < 1.29 is 0 Å². The monoisotopic (exact) mass is 486 g/mol. The predicted molar refractivity (Wildman–Crippen MR) is 150 cm³/mol. The van der Waals surface area contributed by atoms with E-state index in [1.807, 2.05) is 42.7 Å². The van der Waals surface area contributed by atoms with Gasteiger partial charge in [-0.3, -0.25) is 4.98 Å². The fraction of sp³-hybridized carbons (Fsp3) is 0.258. The summed E-state index contributed by atoms with van der Waals surface area (Å²) in [7, 11) is 0. The molecule has 6 rings (SSSR count). The summed E-state index contributed by atoms with van der Waals surface area (Å²) in [6.45, 7) is 2.17. The van der Waals surface area contributed by atoms with Crippen LogP contribution in [0.15, 0.2) is 73.2 Å². The largest absolute Gasteiger partial charge is 0.380 e. The van der Waals surface area contributed by atoms with Crippen LogP contribution in [0.2, 0.25) is 0 Å². The van der Waals surface area contributed by atoms with Crippen molar-refractivity contribution in [2.45, 2.75) is 51.1 Å². The smallest absolute Gasteiger partial charge is 0.145 e. The molecule has 0 spiro atoms. The van der Waals surface area contributed by atoms with Crippen LogP contribution >= 0.6 is 0 Å². The van der Waals surface area contributed by atoms with Gasteiger partial charge in [0.15, 0.2) is 0 Å². The fourth-order valence-electron chi connectivity index (χ4n) is 5.59. The van der Waals surface area contributed by atoms with E-state index in [0.717, 1.165) is 70.1 Å². The van der Waals surface area contributed by atoms with Gasteiger partial charge in [-0.25, -0.2) is 4.98 Å². The number of fused-ring (bicyclic) bond motifs is 2. The first kappa shape index (κ1) is 23.2. The molecule has 3 aromatic heterocycles. The summed E-state index contributed by atoms with van der Waals surface area (Å²) in [5.74, 6) is 0. The van der Waals surface area contributed by atoms with Crippen molar-refractivity contribution in [3.63, 3.8) is 0 Å². The van der Waals surface area contributed by atoms with Gasteiger partial charge < -0.3 is 15.6 Å². The van der Waals surface area contributed by atoms with Crippen molar-refractivity contribution in [3.8, 4) is 22.9 Å². The van der Waals surface area contributed by atoms with Crippen LogP contribution in [0.5, 0.6) is 0 Å². The number of aryl methyl sites for hydroxylation is 1. The molecule has 3 N–H and O–H groups in total. The Labute approximate surface area is 216 Å². The van der Waals surface area contributed by atoms with Gasteiger partial charge in [0.05, 0.1) is 16.8 Å². The number of hydrogen-bond donors (Lipinski definition) is 2. The molecular weight excluding hydrogens is 456 g/mol. The normalized spacial score (nSPS) is 17.6. The second-order valence-corrected chi connectivity index (χ2v) is 9.89. The zero-order chi connectivity index (χ0) is 25.4. The molecule has 2 atom stereocenters. The van der Waals surface area contributed by atoms with Gasteiger partial charge in [-0.15, -0.1) is 0 Å². The van der Waals surface area contributed by atoms with Crippen LogP contribution < -0.4 is 11.1 Å². The molecule has 5 aromatic rings. The predicted octanol–water partition coefficient (Wildman–Crippen LogP) is 6.36. The highest BCUT2D eigenvalue weighted by atomic mass is 15.0. The molecule has 0 amide bonds. The molecule has 1 aliphatic rings. The van der Waals surface area contributed by atoms with Crippen LogP contribution in [0.4, 0.5) is 5.69 Å². The lowest BCUT2D eigenvalue weighted by atomic mass is 9.90. The summed E-state index contributed by atoms with van der Waals surface area (Å²) in [6, 6.07) is 21.0. The van der Waals surface area contributed by atoms with Crippen LogP contribution in [-0.2, 0) is 6.42 Å². The van der Waals surface area contributed by atoms with Crippen LogP contribution in [0.1, 0.15) is 43.7 Å². The van der Waals surface area contributed by atoms with Gasteiger partial charge in [0.2, 0.25) is 0 Å².